The first-order valence-corrected chi connectivity index (χ1v) is 7.88. The Morgan fingerprint density at radius 1 is 1.31 bits per heavy atom. The zero-order chi connectivity index (χ0) is 19.4. The van der Waals surface area contributed by atoms with E-state index < -0.39 is 24.8 Å². The van der Waals surface area contributed by atoms with Gasteiger partial charge >= 0.3 is 0 Å². The lowest BCUT2D eigenvalue weighted by Crippen LogP contribution is -2.24. The van der Waals surface area contributed by atoms with Gasteiger partial charge in [0, 0.05) is 18.1 Å². The van der Waals surface area contributed by atoms with Gasteiger partial charge in [-0.25, -0.2) is 8.78 Å². The first-order chi connectivity index (χ1) is 12.3. The number of hydrogen-bond donors (Lipinski definition) is 2. The quantitative estimate of drug-likeness (QED) is 0.799. The summed E-state index contributed by atoms with van der Waals surface area (Å²) in [6.07, 6.45) is -2.70. The van der Waals surface area contributed by atoms with E-state index in [1.54, 1.807) is 13.0 Å². The van der Waals surface area contributed by atoms with Crippen LogP contribution in [0.4, 0.5) is 14.5 Å². The van der Waals surface area contributed by atoms with E-state index in [1.807, 2.05) is 0 Å². The molecule has 0 atom stereocenters. The van der Waals surface area contributed by atoms with Crippen LogP contribution in [-0.4, -0.2) is 42.2 Å². The van der Waals surface area contributed by atoms with Crippen molar-refractivity contribution < 1.29 is 23.1 Å². The van der Waals surface area contributed by atoms with Crippen LogP contribution in [0.25, 0.3) is 0 Å². The number of halogens is 3. The zero-order valence-electron chi connectivity index (χ0n) is 14.3. The summed E-state index contributed by atoms with van der Waals surface area (Å²) in [6.45, 7) is 0.888. The summed E-state index contributed by atoms with van der Waals surface area (Å²) in [4.78, 5) is 24.7. The molecule has 0 aliphatic rings. The first kappa shape index (κ1) is 19.6. The molecule has 0 fully saturated rings. The molecule has 140 valence electrons. The largest absolute Gasteiger partial charge is 0.480 e. The number of rotatable bonds is 6. The van der Waals surface area contributed by atoms with Crippen LogP contribution in [0.15, 0.2) is 18.2 Å². The molecule has 0 aliphatic heterocycles. The third-order valence-electron chi connectivity index (χ3n) is 3.52. The lowest BCUT2D eigenvalue weighted by molar-refractivity contribution is 0.0963. The Kier molecular flexibility index (Phi) is 6.14. The number of carbonyl (C=O) groups excluding carboxylic acids is 2. The molecule has 10 heteroatoms. The Balaban J connectivity index is 2.42. The van der Waals surface area contributed by atoms with Crippen LogP contribution >= 0.6 is 11.6 Å². The van der Waals surface area contributed by atoms with Crippen LogP contribution in [0.3, 0.4) is 0 Å². The van der Waals surface area contributed by atoms with E-state index in [4.69, 9.17) is 16.3 Å². The molecule has 7 nitrogen and oxygen atoms in total. The second-order valence-electron chi connectivity index (χ2n) is 5.32. The molecule has 2 amide bonds. The highest BCUT2D eigenvalue weighted by Crippen LogP contribution is 2.26. The topological polar surface area (TPSA) is 85.2 Å². The van der Waals surface area contributed by atoms with E-state index in [0.29, 0.717) is 10.6 Å². The van der Waals surface area contributed by atoms with Gasteiger partial charge in [0.2, 0.25) is 5.88 Å². The van der Waals surface area contributed by atoms with Crippen LogP contribution in [0.5, 0.6) is 5.88 Å². The predicted octanol–water partition coefficient (Wildman–Crippen LogP) is 2.73. The van der Waals surface area contributed by atoms with Gasteiger partial charge in [-0.3, -0.25) is 14.3 Å². The molecule has 1 aromatic heterocycles. The first-order valence-electron chi connectivity index (χ1n) is 7.50. The molecule has 1 aromatic carbocycles. The second-order valence-corrected chi connectivity index (χ2v) is 5.76. The summed E-state index contributed by atoms with van der Waals surface area (Å²) in [7, 11) is 2.75. The number of methoxy groups -OCH3 is 1. The van der Waals surface area contributed by atoms with Gasteiger partial charge in [0.15, 0.2) is 0 Å². The number of ether oxygens (including phenoxy) is 1. The van der Waals surface area contributed by atoms with E-state index in [1.165, 1.54) is 26.3 Å². The molecule has 0 aliphatic carbocycles. The van der Waals surface area contributed by atoms with Gasteiger partial charge in [-0.15, -0.1) is 5.10 Å². The summed E-state index contributed by atoms with van der Waals surface area (Å²) in [5.74, 6) is -1.14. The standard InChI is InChI=1S/C16H17ClF2N4O3/c1-8-4-9(17)5-10(15(24)20-2)14(8)21-16(25)11-6-13(26-3)22-23(11)7-12(18)19/h4-6,12H,7H2,1-3H3,(H,20,24)(H,21,25). The summed E-state index contributed by atoms with van der Waals surface area (Å²) < 4.78 is 31.2. The molecule has 0 saturated heterocycles. The molecule has 0 bridgehead atoms. The summed E-state index contributed by atoms with van der Waals surface area (Å²) in [5, 5.41) is 9.14. The van der Waals surface area contributed by atoms with Crippen LogP contribution in [0.1, 0.15) is 26.4 Å². The normalized spacial score (nSPS) is 10.7. The highest BCUT2D eigenvalue weighted by Gasteiger charge is 2.22. The zero-order valence-corrected chi connectivity index (χ0v) is 15.0. The minimum Gasteiger partial charge on any atom is -0.480 e. The summed E-state index contributed by atoms with van der Waals surface area (Å²) >= 11 is 5.97. The van der Waals surface area contributed by atoms with Gasteiger partial charge in [0.05, 0.1) is 18.4 Å². The lowest BCUT2D eigenvalue weighted by Gasteiger charge is -2.14. The van der Waals surface area contributed by atoms with E-state index in [0.717, 1.165) is 4.68 Å². The Bertz CT molecular complexity index is 839. The van der Waals surface area contributed by atoms with Gasteiger partial charge in [0.1, 0.15) is 12.2 Å². The fraction of sp³-hybridized carbons (Fsp3) is 0.312. The third kappa shape index (κ3) is 4.29. The number of amides is 2. The van der Waals surface area contributed by atoms with Gasteiger partial charge in [-0.05, 0) is 24.6 Å². The number of nitrogens with one attached hydrogen (secondary N) is 2. The van der Waals surface area contributed by atoms with Crippen molar-refractivity contribution in [2.24, 2.45) is 0 Å². The van der Waals surface area contributed by atoms with Crippen molar-refractivity contribution in [1.82, 2.24) is 15.1 Å². The van der Waals surface area contributed by atoms with Gasteiger partial charge < -0.3 is 15.4 Å². The number of alkyl halides is 2. The number of aryl methyl sites for hydroxylation is 1. The van der Waals surface area contributed by atoms with Crippen molar-refractivity contribution >= 4 is 29.1 Å². The summed E-state index contributed by atoms with van der Waals surface area (Å²) in [5.41, 5.74) is 0.788. The fourth-order valence-electron chi connectivity index (χ4n) is 2.35. The van der Waals surface area contributed by atoms with Crippen molar-refractivity contribution in [1.29, 1.82) is 0 Å². The smallest absolute Gasteiger partial charge is 0.274 e. The molecule has 0 unspecified atom stereocenters. The molecule has 1 heterocycles. The van der Waals surface area contributed by atoms with Gasteiger partial charge in [0.25, 0.3) is 18.2 Å². The third-order valence-corrected chi connectivity index (χ3v) is 3.74. The number of nitrogens with zero attached hydrogens (tertiary/aromatic N) is 2. The van der Waals surface area contributed by atoms with Crippen LogP contribution in [0.2, 0.25) is 5.02 Å². The van der Waals surface area contributed by atoms with Crippen molar-refractivity contribution in [2.45, 2.75) is 19.9 Å². The minimum atomic E-state index is -2.70. The Morgan fingerprint density at radius 3 is 2.58 bits per heavy atom. The van der Waals surface area contributed by atoms with Crippen molar-refractivity contribution in [3.63, 3.8) is 0 Å². The highest BCUT2D eigenvalue weighted by molar-refractivity contribution is 6.31. The maximum atomic E-state index is 12.7. The Labute approximate surface area is 153 Å². The molecule has 0 spiro atoms. The van der Waals surface area contributed by atoms with Gasteiger partial charge in [-0.2, -0.15) is 0 Å². The van der Waals surface area contributed by atoms with Crippen LogP contribution in [0, 0.1) is 6.92 Å². The molecule has 26 heavy (non-hydrogen) atoms. The SMILES string of the molecule is CNC(=O)c1cc(Cl)cc(C)c1NC(=O)c1cc(OC)nn1CC(F)F. The molecule has 2 N–H and O–H groups in total. The number of benzene rings is 1. The van der Waals surface area contributed by atoms with E-state index in [2.05, 4.69) is 15.7 Å². The molecule has 0 radical (unpaired) electrons. The number of hydrogen-bond acceptors (Lipinski definition) is 4. The Hall–Kier alpha value is -2.68. The predicted molar refractivity (Wildman–Crippen MR) is 92.3 cm³/mol. The monoisotopic (exact) mass is 386 g/mol. The van der Waals surface area contributed by atoms with Crippen molar-refractivity contribution in [3.8, 4) is 5.88 Å². The average molecular weight is 387 g/mol. The van der Waals surface area contributed by atoms with Crippen molar-refractivity contribution in [2.75, 3.05) is 19.5 Å². The molecule has 2 aromatic rings. The number of aromatic nitrogens is 2. The Morgan fingerprint density at radius 2 is 2.00 bits per heavy atom. The molecule has 0 saturated carbocycles. The van der Waals surface area contributed by atoms with E-state index in [9.17, 15) is 18.4 Å². The van der Waals surface area contributed by atoms with Gasteiger partial charge in [-0.1, -0.05) is 11.6 Å². The van der Waals surface area contributed by atoms with Crippen LogP contribution in [-0.2, 0) is 6.54 Å². The van der Waals surface area contributed by atoms with E-state index in [-0.39, 0.29) is 22.8 Å². The second kappa shape index (κ2) is 8.13. The van der Waals surface area contributed by atoms with E-state index >= 15 is 0 Å². The van der Waals surface area contributed by atoms with Crippen molar-refractivity contribution in [3.05, 3.63) is 40.0 Å². The summed E-state index contributed by atoms with van der Waals surface area (Å²) in [6, 6.07) is 4.21. The molecular weight excluding hydrogens is 370 g/mol. The minimum absolute atomic E-state index is 0.0233. The lowest BCUT2D eigenvalue weighted by atomic mass is 10.1. The highest BCUT2D eigenvalue weighted by atomic mass is 35.5. The fourth-order valence-corrected chi connectivity index (χ4v) is 2.62. The number of anilines is 1. The molecular formula is C16H17ClF2N4O3. The maximum Gasteiger partial charge on any atom is 0.274 e. The maximum absolute atomic E-state index is 12.7. The van der Waals surface area contributed by atoms with Crippen LogP contribution < -0.4 is 15.4 Å². The average Bonchev–Trinajstić information content (AvgIpc) is 2.98. The number of carbonyl (C=O) groups is 2. The molecule has 2 rings (SSSR count).